The maximum atomic E-state index is 15.1. The molecular weight excluding hydrogens is 536 g/mol. The summed E-state index contributed by atoms with van der Waals surface area (Å²) in [6.45, 7) is 4.60. The lowest BCUT2D eigenvalue weighted by Crippen LogP contribution is -2.46. The number of rotatable bonds is 8. The minimum Gasteiger partial charge on any atom is -0.293 e. The zero-order valence-electron chi connectivity index (χ0n) is 20.6. The molecule has 2 saturated carbocycles. The largest absolute Gasteiger partial charge is 0.293 e. The predicted octanol–water partition coefficient (Wildman–Crippen LogP) is 5.25. The standard InChI is InChI=1S/C27H30Cl2FN3O3S/c1-15(17-6-19(28)9-20(29)7-17)33-14-21-10-22(33)13-32(21)12-18-8-26(30)25(11-24(18)16-2-3-16)27(34)31-37(35,36)23-4-5-23/h6-9,11,15-16,21-23H,2-5,10,12-14H2,1H3,(H,31,34)/t15-,21+,22+/m1/s1. The predicted molar refractivity (Wildman–Crippen MR) is 142 cm³/mol. The highest BCUT2D eigenvalue weighted by Gasteiger charge is 2.45. The van der Waals surface area contributed by atoms with Crippen molar-refractivity contribution < 1.29 is 17.6 Å². The van der Waals surface area contributed by atoms with E-state index in [1.165, 1.54) is 6.07 Å². The Hall–Kier alpha value is -1.71. The second-order valence-corrected chi connectivity index (χ2v) is 13.9. The Morgan fingerprint density at radius 3 is 2.35 bits per heavy atom. The molecule has 4 fully saturated rings. The number of halogens is 3. The van der Waals surface area contributed by atoms with E-state index in [1.807, 2.05) is 12.1 Å². The Balaban J connectivity index is 1.17. The van der Waals surface area contributed by atoms with E-state index in [0.29, 0.717) is 47.4 Å². The minimum absolute atomic E-state index is 0.182. The number of carbonyl (C=O) groups excluding carboxylic acids is 1. The quantitative estimate of drug-likeness (QED) is 0.473. The van der Waals surface area contributed by atoms with Gasteiger partial charge in [-0.15, -0.1) is 0 Å². The summed E-state index contributed by atoms with van der Waals surface area (Å²) in [7, 11) is -3.73. The van der Waals surface area contributed by atoms with E-state index in [-0.39, 0.29) is 11.6 Å². The van der Waals surface area contributed by atoms with Crippen molar-refractivity contribution in [3.63, 3.8) is 0 Å². The Morgan fingerprint density at radius 1 is 1.05 bits per heavy atom. The number of sulfonamides is 1. The number of carbonyl (C=O) groups is 1. The van der Waals surface area contributed by atoms with Crippen molar-refractivity contribution >= 4 is 39.1 Å². The van der Waals surface area contributed by atoms with Crippen molar-refractivity contribution in [1.82, 2.24) is 14.5 Å². The smallest absolute Gasteiger partial charge is 0.267 e. The van der Waals surface area contributed by atoms with Crippen LogP contribution in [0.5, 0.6) is 0 Å². The zero-order valence-corrected chi connectivity index (χ0v) is 22.9. The fourth-order valence-electron chi connectivity index (χ4n) is 6.04. The molecule has 0 radical (unpaired) electrons. The normalized spacial score (nSPS) is 25.0. The van der Waals surface area contributed by atoms with Crippen molar-refractivity contribution in [2.45, 2.75) is 74.9 Å². The van der Waals surface area contributed by atoms with Crippen LogP contribution in [0, 0.1) is 5.82 Å². The highest BCUT2D eigenvalue weighted by Crippen LogP contribution is 2.44. The molecule has 1 N–H and O–H groups in total. The molecule has 0 unspecified atom stereocenters. The number of hydrogen-bond donors (Lipinski definition) is 1. The fraction of sp³-hybridized carbons (Fsp3) is 0.519. The summed E-state index contributed by atoms with van der Waals surface area (Å²) in [4.78, 5) is 17.6. The minimum atomic E-state index is -3.73. The maximum absolute atomic E-state index is 15.1. The Morgan fingerprint density at radius 2 is 1.76 bits per heavy atom. The summed E-state index contributed by atoms with van der Waals surface area (Å²) in [5, 5.41) is 0.736. The molecule has 198 valence electrons. The van der Waals surface area contributed by atoms with Gasteiger partial charge in [0.15, 0.2) is 0 Å². The van der Waals surface area contributed by atoms with E-state index >= 15 is 4.39 Å². The third-order valence-corrected chi connectivity index (χ3v) is 10.6. The van der Waals surface area contributed by atoms with E-state index in [1.54, 1.807) is 12.1 Å². The molecule has 2 aliphatic carbocycles. The van der Waals surface area contributed by atoms with E-state index in [0.717, 1.165) is 49.0 Å². The number of likely N-dealkylation sites (tertiary alicyclic amines) is 2. The first-order chi connectivity index (χ1) is 17.6. The van der Waals surface area contributed by atoms with Crippen LogP contribution in [0.25, 0.3) is 0 Å². The zero-order chi connectivity index (χ0) is 26.1. The van der Waals surface area contributed by atoms with Gasteiger partial charge in [-0.25, -0.2) is 17.5 Å². The number of hydrogen-bond acceptors (Lipinski definition) is 5. The highest BCUT2D eigenvalue weighted by molar-refractivity contribution is 7.91. The number of nitrogens with zero attached hydrogens (tertiary/aromatic N) is 2. The number of amides is 1. The number of piperazine rings is 1. The van der Waals surface area contributed by atoms with Gasteiger partial charge < -0.3 is 0 Å². The number of benzene rings is 2. The van der Waals surface area contributed by atoms with E-state index < -0.39 is 27.0 Å². The van der Waals surface area contributed by atoms with Crippen LogP contribution < -0.4 is 4.72 Å². The maximum Gasteiger partial charge on any atom is 0.267 e. The molecule has 6 rings (SSSR count). The molecule has 2 aromatic rings. The average molecular weight is 567 g/mol. The van der Waals surface area contributed by atoms with Crippen molar-refractivity contribution in [3.05, 3.63) is 68.4 Å². The second-order valence-electron chi connectivity index (χ2n) is 11.0. The Bertz CT molecular complexity index is 1340. The van der Waals surface area contributed by atoms with Crippen molar-refractivity contribution in [2.24, 2.45) is 0 Å². The molecule has 2 heterocycles. The van der Waals surface area contributed by atoms with Crippen molar-refractivity contribution in [2.75, 3.05) is 13.1 Å². The van der Waals surface area contributed by atoms with E-state index in [2.05, 4.69) is 21.4 Å². The van der Waals surface area contributed by atoms with Crippen molar-refractivity contribution in [3.8, 4) is 0 Å². The van der Waals surface area contributed by atoms with E-state index in [4.69, 9.17) is 23.2 Å². The molecule has 2 saturated heterocycles. The monoisotopic (exact) mass is 565 g/mol. The van der Waals surface area contributed by atoms with Gasteiger partial charge in [-0.1, -0.05) is 23.2 Å². The molecule has 2 bridgehead atoms. The molecule has 2 aromatic carbocycles. The van der Waals surface area contributed by atoms with Gasteiger partial charge in [-0.2, -0.15) is 0 Å². The van der Waals surface area contributed by atoms with Crippen LogP contribution in [0.2, 0.25) is 10.0 Å². The second kappa shape index (κ2) is 9.49. The van der Waals surface area contributed by atoms with E-state index in [9.17, 15) is 13.2 Å². The van der Waals surface area contributed by atoms with Crippen LogP contribution in [0.3, 0.4) is 0 Å². The molecule has 37 heavy (non-hydrogen) atoms. The lowest BCUT2D eigenvalue weighted by Gasteiger charge is -2.38. The third kappa shape index (κ3) is 5.15. The van der Waals surface area contributed by atoms with Gasteiger partial charge in [0.05, 0.1) is 10.8 Å². The summed E-state index contributed by atoms with van der Waals surface area (Å²) in [5.41, 5.74) is 2.79. The molecule has 0 aromatic heterocycles. The van der Waals surface area contributed by atoms with Crippen LogP contribution in [-0.4, -0.2) is 54.5 Å². The third-order valence-electron chi connectivity index (χ3n) is 8.32. The molecule has 0 spiro atoms. The molecule has 10 heteroatoms. The fourth-order valence-corrected chi connectivity index (χ4v) is 7.87. The summed E-state index contributed by atoms with van der Waals surface area (Å²) < 4.78 is 41.6. The Labute approximate surface area is 227 Å². The van der Waals surface area contributed by atoms with Gasteiger partial charge in [0, 0.05) is 47.8 Å². The first kappa shape index (κ1) is 25.6. The van der Waals surface area contributed by atoms with Crippen LogP contribution >= 0.6 is 23.2 Å². The van der Waals surface area contributed by atoms with Crippen LogP contribution in [0.1, 0.15) is 78.0 Å². The summed E-state index contributed by atoms with van der Waals surface area (Å²) in [6, 6.07) is 9.68. The molecule has 4 aliphatic rings. The van der Waals surface area contributed by atoms with Gasteiger partial charge in [-0.05, 0) is 92.0 Å². The topological polar surface area (TPSA) is 69.7 Å². The number of fused-ring (bicyclic) bond motifs is 2. The number of nitrogens with one attached hydrogen (secondary N) is 1. The first-order valence-electron chi connectivity index (χ1n) is 12.9. The van der Waals surface area contributed by atoms with Crippen molar-refractivity contribution in [1.29, 1.82) is 0 Å². The van der Waals surface area contributed by atoms with Gasteiger partial charge in [-0.3, -0.25) is 14.6 Å². The molecule has 2 aliphatic heterocycles. The van der Waals surface area contributed by atoms with Gasteiger partial charge in [0.2, 0.25) is 10.0 Å². The Kier molecular flexibility index (Phi) is 6.55. The van der Waals surface area contributed by atoms with Gasteiger partial charge in [0.25, 0.3) is 5.91 Å². The van der Waals surface area contributed by atoms with Crippen LogP contribution in [0.15, 0.2) is 30.3 Å². The lowest BCUT2D eigenvalue weighted by molar-refractivity contribution is 0.0935. The molecule has 6 nitrogen and oxygen atoms in total. The lowest BCUT2D eigenvalue weighted by atomic mass is 9.98. The molecule has 3 atom stereocenters. The first-order valence-corrected chi connectivity index (χ1v) is 15.2. The molecule has 1 amide bonds. The highest BCUT2D eigenvalue weighted by atomic mass is 35.5. The van der Waals surface area contributed by atoms with Crippen LogP contribution in [-0.2, 0) is 16.6 Å². The summed E-state index contributed by atoms with van der Waals surface area (Å²) in [5.74, 6) is -1.24. The summed E-state index contributed by atoms with van der Waals surface area (Å²) in [6.07, 6.45) is 4.13. The van der Waals surface area contributed by atoms with Crippen LogP contribution in [0.4, 0.5) is 4.39 Å². The summed E-state index contributed by atoms with van der Waals surface area (Å²) >= 11 is 12.5. The SMILES string of the molecule is C[C@H](c1cc(Cl)cc(Cl)c1)N1C[C@@H]2C[C@H]1CN2Cc1cc(F)c(C(=O)NS(=O)(=O)C2CC2)cc1C1CC1. The molecular formula is C27H30Cl2FN3O3S. The van der Waals surface area contributed by atoms with Gasteiger partial charge >= 0.3 is 0 Å². The average Bonchev–Trinajstić information content (AvgIpc) is 3.75. The van der Waals surface area contributed by atoms with Gasteiger partial charge in [0.1, 0.15) is 5.82 Å².